The molecule has 0 spiro atoms. The predicted octanol–water partition coefficient (Wildman–Crippen LogP) is 4.31. The number of carbonyl (C=O) groups is 1. The Hall–Kier alpha value is -0.680. The summed E-state index contributed by atoms with van der Waals surface area (Å²) in [4.78, 5) is 13.5. The molecule has 0 unspecified atom stereocenters. The Labute approximate surface area is 126 Å². The fraction of sp³-hybridized carbons (Fsp3) is 0.500. The second-order valence-corrected chi connectivity index (χ2v) is 6.58. The Kier molecular flexibility index (Phi) is 4.46. The fourth-order valence-corrected chi connectivity index (χ4v) is 4.15. The molecule has 3 nitrogen and oxygen atoms in total. The third kappa shape index (κ3) is 2.63. The van der Waals surface area contributed by atoms with Crippen molar-refractivity contribution >= 4 is 39.3 Å². The van der Waals surface area contributed by atoms with E-state index in [1.807, 2.05) is 12.1 Å². The molecule has 0 bridgehead atoms. The first-order valence-electron chi connectivity index (χ1n) is 6.38. The van der Waals surface area contributed by atoms with Gasteiger partial charge in [-0.25, -0.2) is 0 Å². The van der Waals surface area contributed by atoms with Crippen LogP contribution in [0.4, 0.5) is 5.69 Å². The summed E-state index contributed by atoms with van der Waals surface area (Å²) in [6.07, 6.45) is 1.71. The average Bonchev–Trinajstić information content (AvgIpc) is 2.54. The van der Waals surface area contributed by atoms with Crippen LogP contribution in [0.2, 0.25) is 0 Å². The Morgan fingerprint density at radius 1 is 1.42 bits per heavy atom. The van der Waals surface area contributed by atoms with Gasteiger partial charge in [-0.15, -0.1) is 11.8 Å². The highest BCUT2D eigenvalue weighted by molar-refractivity contribution is 9.10. The number of amides is 1. The molecule has 0 atom stereocenters. The van der Waals surface area contributed by atoms with Crippen molar-refractivity contribution in [2.45, 2.75) is 31.6 Å². The van der Waals surface area contributed by atoms with E-state index in [0.717, 1.165) is 39.4 Å². The van der Waals surface area contributed by atoms with Crippen molar-refractivity contribution in [3.8, 4) is 5.75 Å². The standard InChI is InChI=1S/C14H18BrNO2S/c1-4-14(5-2)8-19-12-7-11(18-3)9(15)6-10(12)16-13(14)17/h6-7H,4-5,8H2,1-3H3,(H,16,17). The van der Waals surface area contributed by atoms with Gasteiger partial charge in [-0.2, -0.15) is 0 Å². The maximum absolute atomic E-state index is 12.5. The SMILES string of the molecule is CCC1(CC)CSc2cc(OC)c(Br)cc2NC1=O. The fourth-order valence-electron chi connectivity index (χ4n) is 2.22. The Balaban J connectivity index is 2.41. The molecule has 0 saturated heterocycles. The van der Waals surface area contributed by atoms with E-state index in [1.165, 1.54) is 0 Å². The maximum atomic E-state index is 12.5. The van der Waals surface area contributed by atoms with Crippen molar-refractivity contribution < 1.29 is 9.53 Å². The zero-order valence-corrected chi connectivity index (χ0v) is 13.8. The van der Waals surface area contributed by atoms with Gasteiger partial charge in [0.1, 0.15) is 5.75 Å². The normalized spacial score (nSPS) is 17.4. The summed E-state index contributed by atoms with van der Waals surface area (Å²) in [5.41, 5.74) is 0.593. The summed E-state index contributed by atoms with van der Waals surface area (Å²) < 4.78 is 6.17. The number of ether oxygens (including phenoxy) is 1. The molecule has 1 aliphatic heterocycles. The largest absolute Gasteiger partial charge is 0.496 e. The van der Waals surface area contributed by atoms with Crippen molar-refractivity contribution in [2.75, 3.05) is 18.2 Å². The quantitative estimate of drug-likeness (QED) is 0.888. The van der Waals surface area contributed by atoms with Gasteiger partial charge >= 0.3 is 0 Å². The lowest BCUT2D eigenvalue weighted by Gasteiger charge is -2.27. The van der Waals surface area contributed by atoms with Gasteiger partial charge in [-0.3, -0.25) is 4.79 Å². The molecule has 0 saturated carbocycles. The molecule has 0 fully saturated rings. The number of fused-ring (bicyclic) bond motifs is 1. The van der Waals surface area contributed by atoms with Gasteiger partial charge in [0.25, 0.3) is 0 Å². The molecule has 1 aliphatic rings. The third-order valence-corrected chi connectivity index (χ3v) is 5.81. The summed E-state index contributed by atoms with van der Waals surface area (Å²) >= 11 is 5.18. The molecule has 0 radical (unpaired) electrons. The van der Waals surface area contributed by atoms with Crippen LogP contribution in [0.25, 0.3) is 0 Å². The number of methoxy groups -OCH3 is 1. The minimum absolute atomic E-state index is 0.126. The summed E-state index contributed by atoms with van der Waals surface area (Å²) in [7, 11) is 1.65. The molecule has 104 valence electrons. The second kappa shape index (κ2) is 5.75. The van der Waals surface area contributed by atoms with Gasteiger partial charge in [-0.05, 0) is 40.9 Å². The molecule has 1 aromatic rings. The maximum Gasteiger partial charge on any atom is 0.231 e. The average molecular weight is 344 g/mol. The van der Waals surface area contributed by atoms with Gasteiger partial charge in [0, 0.05) is 10.6 Å². The van der Waals surface area contributed by atoms with Crippen LogP contribution in [0.3, 0.4) is 0 Å². The van der Waals surface area contributed by atoms with E-state index in [-0.39, 0.29) is 11.3 Å². The molecular formula is C14H18BrNO2S. The topological polar surface area (TPSA) is 38.3 Å². The number of thioether (sulfide) groups is 1. The van der Waals surface area contributed by atoms with Crippen LogP contribution in [0.1, 0.15) is 26.7 Å². The van der Waals surface area contributed by atoms with Crippen LogP contribution < -0.4 is 10.1 Å². The Bertz CT molecular complexity index is 500. The highest BCUT2D eigenvalue weighted by Crippen LogP contribution is 2.44. The number of anilines is 1. The van der Waals surface area contributed by atoms with Crippen molar-refractivity contribution in [1.82, 2.24) is 0 Å². The Morgan fingerprint density at radius 3 is 2.68 bits per heavy atom. The van der Waals surface area contributed by atoms with Crippen molar-refractivity contribution in [3.05, 3.63) is 16.6 Å². The summed E-state index contributed by atoms with van der Waals surface area (Å²) in [6.45, 7) is 4.16. The molecule has 5 heteroatoms. The van der Waals surface area contributed by atoms with Crippen molar-refractivity contribution in [1.29, 1.82) is 0 Å². The highest BCUT2D eigenvalue weighted by Gasteiger charge is 2.37. The summed E-state index contributed by atoms with van der Waals surface area (Å²) in [5.74, 6) is 1.73. The predicted molar refractivity (Wildman–Crippen MR) is 83.1 cm³/mol. The van der Waals surface area contributed by atoms with Crippen LogP contribution in [-0.2, 0) is 4.79 Å². The zero-order chi connectivity index (χ0) is 14.0. The minimum atomic E-state index is -0.274. The van der Waals surface area contributed by atoms with E-state index in [1.54, 1.807) is 18.9 Å². The number of nitrogens with one attached hydrogen (secondary N) is 1. The van der Waals surface area contributed by atoms with E-state index in [2.05, 4.69) is 35.1 Å². The van der Waals surface area contributed by atoms with Gasteiger partial charge in [0.05, 0.1) is 22.7 Å². The number of halogens is 1. The van der Waals surface area contributed by atoms with Gasteiger partial charge < -0.3 is 10.1 Å². The molecular weight excluding hydrogens is 326 g/mol. The minimum Gasteiger partial charge on any atom is -0.496 e. The van der Waals surface area contributed by atoms with Gasteiger partial charge in [0.2, 0.25) is 5.91 Å². The van der Waals surface area contributed by atoms with Crippen LogP contribution >= 0.6 is 27.7 Å². The number of benzene rings is 1. The second-order valence-electron chi connectivity index (χ2n) is 4.71. The van der Waals surface area contributed by atoms with E-state index in [0.29, 0.717) is 0 Å². The first-order valence-corrected chi connectivity index (χ1v) is 8.16. The first-order chi connectivity index (χ1) is 9.06. The molecule has 1 aromatic carbocycles. The Morgan fingerprint density at radius 2 is 2.11 bits per heavy atom. The van der Waals surface area contributed by atoms with E-state index in [4.69, 9.17) is 4.74 Å². The molecule has 19 heavy (non-hydrogen) atoms. The zero-order valence-electron chi connectivity index (χ0n) is 11.4. The lowest BCUT2D eigenvalue weighted by atomic mass is 9.83. The first kappa shape index (κ1) is 14.7. The van der Waals surface area contributed by atoms with E-state index in [9.17, 15) is 4.79 Å². The third-order valence-electron chi connectivity index (χ3n) is 3.84. The van der Waals surface area contributed by atoms with Crippen molar-refractivity contribution in [3.63, 3.8) is 0 Å². The number of carbonyl (C=O) groups excluding carboxylic acids is 1. The highest BCUT2D eigenvalue weighted by atomic mass is 79.9. The van der Waals surface area contributed by atoms with Crippen LogP contribution in [-0.4, -0.2) is 18.8 Å². The van der Waals surface area contributed by atoms with Gasteiger partial charge in [0.15, 0.2) is 0 Å². The van der Waals surface area contributed by atoms with Crippen LogP contribution in [0.15, 0.2) is 21.5 Å². The lowest BCUT2D eigenvalue weighted by Crippen LogP contribution is -2.36. The smallest absolute Gasteiger partial charge is 0.231 e. The van der Waals surface area contributed by atoms with Crippen molar-refractivity contribution in [2.24, 2.45) is 5.41 Å². The molecule has 0 aromatic heterocycles. The van der Waals surface area contributed by atoms with E-state index >= 15 is 0 Å². The summed E-state index contributed by atoms with van der Waals surface area (Å²) in [6, 6.07) is 3.90. The number of hydrogen-bond acceptors (Lipinski definition) is 3. The molecule has 1 N–H and O–H groups in total. The van der Waals surface area contributed by atoms with Gasteiger partial charge in [-0.1, -0.05) is 13.8 Å². The number of rotatable bonds is 3. The molecule has 2 rings (SSSR count). The van der Waals surface area contributed by atoms with E-state index < -0.39 is 0 Å². The van der Waals surface area contributed by atoms with Crippen LogP contribution in [0.5, 0.6) is 5.75 Å². The molecule has 1 amide bonds. The lowest BCUT2D eigenvalue weighted by molar-refractivity contribution is -0.124. The number of hydrogen-bond donors (Lipinski definition) is 1. The molecule has 1 heterocycles. The monoisotopic (exact) mass is 343 g/mol. The summed E-state index contributed by atoms with van der Waals surface area (Å²) in [5, 5.41) is 3.06. The van der Waals surface area contributed by atoms with Crippen LogP contribution in [0, 0.1) is 5.41 Å². The molecule has 0 aliphatic carbocycles.